The third kappa shape index (κ3) is 3.17. The molecule has 0 bridgehead atoms. The SMILES string of the molecule is COc1ccccc1N1CCN(C(=O)c2csc(C)n2)[C@@H](C)C1. The van der Waals surface area contributed by atoms with Crippen molar-refractivity contribution in [2.75, 3.05) is 31.6 Å². The molecule has 1 atom stereocenters. The van der Waals surface area contributed by atoms with E-state index in [1.54, 1.807) is 7.11 Å². The van der Waals surface area contributed by atoms with Gasteiger partial charge in [0.25, 0.3) is 5.91 Å². The van der Waals surface area contributed by atoms with Gasteiger partial charge in [-0.25, -0.2) is 4.98 Å². The summed E-state index contributed by atoms with van der Waals surface area (Å²) in [5.41, 5.74) is 1.64. The predicted octanol–water partition coefficient (Wildman–Crippen LogP) is 2.81. The lowest BCUT2D eigenvalue weighted by atomic mass is 10.1. The number of ether oxygens (including phenoxy) is 1. The quantitative estimate of drug-likeness (QED) is 0.868. The number of benzene rings is 1. The predicted molar refractivity (Wildman–Crippen MR) is 92.6 cm³/mol. The summed E-state index contributed by atoms with van der Waals surface area (Å²) in [6.07, 6.45) is 0. The third-order valence-electron chi connectivity index (χ3n) is 4.15. The first kappa shape index (κ1) is 15.8. The Morgan fingerprint density at radius 3 is 2.78 bits per heavy atom. The van der Waals surface area contributed by atoms with E-state index in [1.807, 2.05) is 35.4 Å². The average Bonchev–Trinajstić information content (AvgIpc) is 3.00. The number of aromatic nitrogens is 1. The molecule has 0 N–H and O–H groups in total. The molecular formula is C17H21N3O2S. The standard InChI is InChI=1S/C17H21N3O2S/c1-12-10-19(15-6-4-5-7-16(15)22-3)8-9-20(12)17(21)14-11-23-13(2)18-14/h4-7,11-12H,8-10H2,1-3H3/t12-/m0/s1. The zero-order chi connectivity index (χ0) is 16.4. The number of piperazine rings is 1. The number of thiazole rings is 1. The number of nitrogens with zero attached hydrogens (tertiary/aromatic N) is 3. The van der Waals surface area contributed by atoms with Crippen LogP contribution in [0.5, 0.6) is 5.75 Å². The highest BCUT2D eigenvalue weighted by molar-refractivity contribution is 7.09. The Hall–Kier alpha value is -2.08. The van der Waals surface area contributed by atoms with Crippen LogP contribution in [0.1, 0.15) is 22.4 Å². The molecule has 1 aliphatic rings. The minimum Gasteiger partial charge on any atom is -0.495 e. The van der Waals surface area contributed by atoms with E-state index in [2.05, 4.69) is 22.9 Å². The van der Waals surface area contributed by atoms with Crippen LogP contribution in [0.25, 0.3) is 0 Å². The summed E-state index contributed by atoms with van der Waals surface area (Å²) in [4.78, 5) is 21.1. The first-order valence-corrected chi connectivity index (χ1v) is 8.59. The highest BCUT2D eigenvalue weighted by atomic mass is 32.1. The van der Waals surface area contributed by atoms with Crippen molar-refractivity contribution in [3.8, 4) is 5.75 Å². The molecule has 1 fully saturated rings. The van der Waals surface area contributed by atoms with E-state index in [4.69, 9.17) is 4.74 Å². The first-order chi connectivity index (χ1) is 11.1. The molecule has 0 spiro atoms. The van der Waals surface area contributed by atoms with Gasteiger partial charge >= 0.3 is 0 Å². The maximum absolute atomic E-state index is 12.6. The summed E-state index contributed by atoms with van der Waals surface area (Å²) in [7, 11) is 1.69. The maximum Gasteiger partial charge on any atom is 0.273 e. The van der Waals surface area contributed by atoms with Crippen molar-refractivity contribution in [1.82, 2.24) is 9.88 Å². The lowest BCUT2D eigenvalue weighted by Crippen LogP contribution is -2.54. The summed E-state index contributed by atoms with van der Waals surface area (Å²) in [6, 6.07) is 8.14. The maximum atomic E-state index is 12.6. The van der Waals surface area contributed by atoms with Gasteiger partial charge in [-0.3, -0.25) is 4.79 Å². The molecule has 1 aliphatic heterocycles. The molecular weight excluding hydrogens is 310 g/mol. The second-order valence-corrected chi connectivity index (χ2v) is 6.78. The molecule has 1 amide bonds. The van der Waals surface area contributed by atoms with E-state index in [0.29, 0.717) is 12.2 Å². The molecule has 0 aliphatic carbocycles. The molecule has 1 saturated heterocycles. The molecule has 1 aromatic carbocycles. The van der Waals surface area contributed by atoms with Crippen molar-refractivity contribution < 1.29 is 9.53 Å². The lowest BCUT2D eigenvalue weighted by molar-refractivity contribution is 0.0668. The van der Waals surface area contributed by atoms with E-state index in [-0.39, 0.29) is 11.9 Å². The van der Waals surface area contributed by atoms with E-state index < -0.39 is 0 Å². The van der Waals surface area contributed by atoms with Crippen LogP contribution in [0.4, 0.5) is 5.69 Å². The van der Waals surface area contributed by atoms with Crippen molar-refractivity contribution >= 4 is 22.9 Å². The van der Waals surface area contributed by atoms with Gasteiger partial charge in [0.1, 0.15) is 11.4 Å². The van der Waals surface area contributed by atoms with E-state index in [1.165, 1.54) is 11.3 Å². The smallest absolute Gasteiger partial charge is 0.273 e. The fraction of sp³-hybridized carbons (Fsp3) is 0.412. The van der Waals surface area contributed by atoms with Gasteiger partial charge in [-0.1, -0.05) is 12.1 Å². The molecule has 0 unspecified atom stereocenters. The number of carbonyl (C=O) groups excluding carboxylic acids is 1. The zero-order valence-corrected chi connectivity index (χ0v) is 14.5. The summed E-state index contributed by atoms with van der Waals surface area (Å²) < 4.78 is 5.45. The van der Waals surface area contributed by atoms with Gasteiger partial charge in [0.15, 0.2) is 0 Å². The Morgan fingerprint density at radius 2 is 2.13 bits per heavy atom. The number of methoxy groups -OCH3 is 1. The van der Waals surface area contributed by atoms with Crippen LogP contribution in [0, 0.1) is 6.92 Å². The fourth-order valence-electron chi connectivity index (χ4n) is 2.98. The molecule has 2 heterocycles. The number of anilines is 1. The second kappa shape index (κ2) is 6.58. The lowest BCUT2D eigenvalue weighted by Gasteiger charge is -2.41. The van der Waals surface area contributed by atoms with Crippen LogP contribution in [-0.4, -0.2) is 48.6 Å². The Bertz CT molecular complexity index is 701. The average molecular weight is 331 g/mol. The van der Waals surface area contributed by atoms with E-state index in [9.17, 15) is 4.79 Å². The van der Waals surface area contributed by atoms with Gasteiger partial charge in [0.05, 0.1) is 17.8 Å². The number of para-hydroxylation sites is 2. The molecule has 122 valence electrons. The number of rotatable bonds is 3. The van der Waals surface area contributed by atoms with Crippen molar-refractivity contribution in [3.63, 3.8) is 0 Å². The van der Waals surface area contributed by atoms with Gasteiger partial charge in [-0.15, -0.1) is 11.3 Å². The van der Waals surface area contributed by atoms with Gasteiger partial charge in [-0.05, 0) is 26.0 Å². The topological polar surface area (TPSA) is 45.7 Å². The summed E-state index contributed by atoms with van der Waals surface area (Å²) in [5.74, 6) is 0.899. The molecule has 5 nitrogen and oxygen atoms in total. The first-order valence-electron chi connectivity index (χ1n) is 7.71. The number of carbonyl (C=O) groups is 1. The van der Waals surface area contributed by atoms with E-state index in [0.717, 1.165) is 29.5 Å². The Morgan fingerprint density at radius 1 is 1.35 bits per heavy atom. The van der Waals surface area contributed by atoms with Gasteiger partial charge in [0, 0.05) is 31.1 Å². The Balaban J connectivity index is 1.73. The fourth-order valence-corrected chi connectivity index (χ4v) is 3.56. The van der Waals surface area contributed by atoms with Crippen LogP contribution in [-0.2, 0) is 0 Å². The number of aryl methyl sites for hydroxylation is 1. The molecule has 2 aromatic rings. The van der Waals surface area contributed by atoms with Crippen LogP contribution >= 0.6 is 11.3 Å². The Labute approximate surface area is 140 Å². The van der Waals surface area contributed by atoms with Crippen LogP contribution < -0.4 is 9.64 Å². The minimum absolute atomic E-state index is 0.0292. The van der Waals surface area contributed by atoms with E-state index >= 15 is 0 Å². The van der Waals surface area contributed by atoms with Crippen LogP contribution in [0.3, 0.4) is 0 Å². The summed E-state index contributed by atoms with van der Waals surface area (Å²) in [5, 5.41) is 2.77. The Kier molecular flexibility index (Phi) is 4.52. The molecule has 0 saturated carbocycles. The molecule has 0 radical (unpaired) electrons. The monoisotopic (exact) mass is 331 g/mol. The number of amides is 1. The van der Waals surface area contributed by atoms with Crippen LogP contribution in [0.2, 0.25) is 0 Å². The number of hydrogen-bond donors (Lipinski definition) is 0. The van der Waals surface area contributed by atoms with Crippen molar-refractivity contribution in [3.05, 3.63) is 40.3 Å². The largest absolute Gasteiger partial charge is 0.495 e. The van der Waals surface area contributed by atoms with Gasteiger partial charge < -0.3 is 14.5 Å². The zero-order valence-electron chi connectivity index (χ0n) is 13.7. The van der Waals surface area contributed by atoms with Gasteiger partial charge in [0.2, 0.25) is 0 Å². The van der Waals surface area contributed by atoms with Crippen molar-refractivity contribution in [2.24, 2.45) is 0 Å². The van der Waals surface area contributed by atoms with Gasteiger partial charge in [-0.2, -0.15) is 0 Å². The van der Waals surface area contributed by atoms with Crippen LogP contribution in [0.15, 0.2) is 29.6 Å². The normalized spacial score (nSPS) is 18.1. The summed E-state index contributed by atoms with van der Waals surface area (Å²) in [6.45, 7) is 6.27. The summed E-state index contributed by atoms with van der Waals surface area (Å²) >= 11 is 1.51. The third-order valence-corrected chi connectivity index (χ3v) is 4.93. The highest BCUT2D eigenvalue weighted by Crippen LogP contribution is 2.29. The highest BCUT2D eigenvalue weighted by Gasteiger charge is 2.30. The molecule has 23 heavy (non-hydrogen) atoms. The molecule has 1 aromatic heterocycles. The molecule has 3 rings (SSSR count). The minimum atomic E-state index is 0.0292. The second-order valence-electron chi connectivity index (χ2n) is 5.72. The molecule has 6 heteroatoms. The number of hydrogen-bond acceptors (Lipinski definition) is 5. The van der Waals surface area contributed by atoms with Crippen molar-refractivity contribution in [2.45, 2.75) is 19.9 Å². The van der Waals surface area contributed by atoms with Crippen molar-refractivity contribution in [1.29, 1.82) is 0 Å².